The molecule has 0 atom stereocenters. The first-order chi connectivity index (χ1) is 8.58. The summed E-state index contributed by atoms with van der Waals surface area (Å²) in [7, 11) is 0. The summed E-state index contributed by atoms with van der Waals surface area (Å²) >= 11 is 5.63. The average Bonchev–Trinajstić information content (AvgIpc) is 2.77. The van der Waals surface area contributed by atoms with Gasteiger partial charge < -0.3 is 11.1 Å². The van der Waals surface area contributed by atoms with E-state index in [0.29, 0.717) is 5.56 Å². The molecule has 0 radical (unpaired) electrons. The van der Waals surface area contributed by atoms with E-state index < -0.39 is 5.82 Å². The maximum absolute atomic E-state index is 12.9. The molecule has 1 aromatic carbocycles. The molecule has 0 aliphatic rings. The Balaban J connectivity index is 2.02. The number of aromatic amines is 1. The van der Waals surface area contributed by atoms with Gasteiger partial charge in [-0.25, -0.2) is 4.39 Å². The van der Waals surface area contributed by atoms with Crippen LogP contribution in [0.3, 0.4) is 0 Å². The lowest BCUT2D eigenvalue weighted by atomic mass is 10.2. The molecule has 0 spiro atoms. The summed E-state index contributed by atoms with van der Waals surface area (Å²) in [6.45, 7) is 0.220. The van der Waals surface area contributed by atoms with Crippen molar-refractivity contribution >= 4 is 23.2 Å². The van der Waals surface area contributed by atoms with E-state index in [1.165, 1.54) is 24.4 Å². The van der Waals surface area contributed by atoms with Crippen LogP contribution in [-0.2, 0) is 6.54 Å². The van der Waals surface area contributed by atoms with Crippen LogP contribution in [0, 0.1) is 5.82 Å². The topological polar surface area (TPSA) is 83.8 Å². The van der Waals surface area contributed by atoms with Gasteiger partial charge in [0, 0.05) is 6.54 Å². The van der Waals surface area contributed by atoms with E-state index in [2.05, 4.69) is 15.5 Å². The average molecular weight is 269 g/mol. The van der Waals surface area contributed by atoms with Crippen LogP contribution in [0.5, 0.6) is 0 Å². The van der Waals surface area contributed by atoms with E-state index in [9.17, 15) is 9.18 Å². The van der Waals surface area contributed by atoms with Crippen LogP contribution in [0.15, 0.2) is 24.4 Å². The highest BCUT2D eigenvalue weighted by molar-refractivity contribution is 6.30. The van der Waals surface area contributed by atoms with Gasteiger partial charge in [0.2, 0.25) is 0 Å². The Kier molecular flexibility index (Phi) is 3.47. The van der Waals surface area contributed by atoms with E-state index >= 15 is 0 Å². The molecule has 2 aromatic rings. The van der Waals surface area contributed by atoms with Crippen LogP contribution in [0.25, 0.3) is 0 Å². The second kappa shape index (κ2) is 5.05. The second-order valence-electron chi connectivity index (χ2n) is 3.63. The van der Waals surface area contributed by atoms with Gasteiger partial charge in [0.15, 0.2) is 0 Å². The molecule has 0 bridgehead atoms. The summed E-state index contributed by atoms with van der Waals surface area (Å²) < 4.78 is 12.9. The third-order valence-electron chi connectivity index (χ3n) is 2.33. The SMILES string of the molecule is Nc1cn[nH]c1C(=O)NCc1ccc(F)c(Cl)c1. The minimum absolute atomic E-state index is 0.0165. The Hall–Kier alpha value is -2.08. The van der Waals surface area contributed by atoms with Crippen LogP contribution in [0.4, 0.5) is 10.1 Å². The predicted molar refractivity (Wildman–Crippen MR) is 65.6 cm³/mol. The molecule has 0 saturated heterocycles. The first-order valence-corrected chi connectivity index (χ1v) is 5.46. The molecule has 1 aromatic heterocycles. The van der Waals surface area contributed by atoms with Gasteiger partial charge in [-0.05, 0) is 17.7 Å². The molecular weight excluding hydrogens is 259 g/mol. The molecular formula is C11H10ClFN4O. The summed E-state index contributed by atoms with van der Waals surface area (Å²) in [6, 6.07) is 4.24. The fourth-order valence-electron chi connectivity index (χ4n) is 1.40. The first kappa shape index (κ1) is 12.4. The zero-order valence-corrected chi connectivity index (χ0v) is 9.96. The highest BCUT2D eigenvalue weighted by Crippen LogP contribution is 2.16. The van der Waals surface area contributed by atoms with Crippen LogP contribution < -0.4 is 11.1 Å². The normalized spacial score (nSPS) is 10.3. The number of nitrogens with zero attached hydrogens (tertiary/aromatic N) is 1. The van der Waals surface area contributed by atoms with Crippen molar-refractivity contribution in [2.45, 2.75) is 6.54 Å². The number of nitrogen functional groups attached to an aromatic ring is 1. The van der Waals surface area contributed by atoms with Gasteiger partial charge in [0.05, 0.1) is 16.9 Å². The molecule has 94 valence electrons. The molecule has 7 heteroatoms. The zero-order chi connectivity index (χ0) is 13.1. The molecule has 1 amide bonds. The molecule has 0 aliphatic carbocycles. The van der Waals surface area contributed by atoms with Crippen molar-refractivity contribution in [3.63, 3.8) is 0 Å². The number of hydrogen-bond acceptors (Lipinski definition) is 3. The number of hydrogen-bond donors (Lipinski definition) is 3. The number of nitrogens with two attached hydrogens (primary N) is 1. The monoisotopic (exact) mass is 268 g/mol. The first-order valence-electron chi connectivity index (χ1n) is 5.09. The van der Waals surface area contributed by atoms with Crippen molar-refractivity contribution in [3.8, 4) is 0 Å². The van der Waals surface area contributed by atoms with Crippen molar-refractivity contribution in [2.24, 2.45) is 0 Å². The third-order valence-corrected chi connectivity index (χ3v) is 2.62. The molecule has 2 rings (SSSR count). The van der Waals surface area contributed by atoms with Crippen LogP contribution >= 0.6 is 11.6 Å². The fourth-order valence-corrected chi connectivity index (χ4v) is 1.60. The quantitative estimate of drug-likeness (QED) is 0.792. The minimum Gasteiger partial charge on any atom is -0.396 e. The summed E-state index contributed by atoms with van der Waals surface area (Å²) in [5, 5.41) is 8.76. The molecule has 0 unspecified atom stereocenters. The number of halogens is 2. The fraction of sp³-hybridized carbons (Fsp3) is 0.0909. The number of aromatic nitrogens is 2. The van der Waals surface area contributed by atoms with Gasteiger partial charge in [-0.2, -0.15) is 5.10 Å². The Labute approximate surface area is 107 Å². The lowest BCUT2D eigenvalue weighted by Crippen LogP contribution is -2.24. The molecule has 18 heavy (non-hydrogen) atoms. The summed E-state index contributed by atoms with van der Waals surface area (Å²) in [5.41, 5.74) is 6.68. The van der Waals surface area contributed by atoms with Crippen molar-refractivity contribution in [3.05, 3.63) is 46.5 Å². The standard InChI is InChI=1S/C11H10ClFN4O/c12-7-3-6(1-2-8(7)13)4-15-11(18)10-9(14)5-16-17-10/h1-3,5H,4,14H2,(H,15,18)(H,16,17). The summed E-state index contributed by atoms with van der Waals surface area (Å²) in [4.78, 5) is 11.7. The third kappa shape index (κ3) is 2.60. The molecule has 0 aliphatic heterocycles. The van der Waals surface area contributed by atoms with E-state index in [0.717, 1.165) is 0 Å². The number of nitrogens with one attached hydrogen (secondary N) is 2. The number of carbonyl (C=O) groups is 1. The lowest BCUT2D eigenvalue weighted by Gasteiger charge is -2.05. The Morgan fingerprint density at radius 1 is 1.56 bits per heavy atom. The van der Waals surface area contributed by atoms with Crippen LogP contribution in [-0.4, -0.2) is 16.1 Å². The van der Waals surface area contributed by atoms with E-state index in [4.69, 9.17) is 17.3 Å². The summed E-state index contributed by atoms with van der Waals surface area (Å²) in [6.07, 6.45) is 1.35. The Bertz CT molecular complexity index is 584. The number of anilines is 1. The van der Waals surface area contributed by atoms with E-state index in [1.54, 1.807) is 0 Å². The van der Waals surface area contributed by atoms with Crippen molar-refractivity contribution in [1.29, 1.82) is 0 Å². The molecule has 5 nitrogen and oxygen atoms in total. The van der Waals surface area contributed by atoms with Crippen molar-refractivity contribution < 1.29 is 9.18 Å². The smallest absolute Gasteiger partial charge is 0.271 e. The lowest BCUT2D eigenvalue weighted by molar-refractivity contribution is 0.0947. The van der Waals surface area contributed by atoms with Gasteiger partial charge in [-0.3, -0.25) is 9.89 Å². The zero-order valence-electron chi connectivity index (χ0n) is 9.21. The maximum atomic E-state index is 12.9. The highest BCUT2D eigenvalue weighted by Gasteiger charge is 2.11. The molecule has 4 N–H and O–H groups in total. The number of rotatable bonds is 3. The van der Waals surface area contributed by atoms with Crippen LogP contribution in [0.1, 0.15) is 16.1 Å². The van der Waals surface area contributed by atoms with E-state index in [1.807, 2.05) is 0 Å². The minimum atomic E-state index is -0.496. The molecule has 0 fully saturated rings. The van der Waals surface area contributed by atoms with Crippen molar-refractivity contribution in [1.82, 2.24) is 15.5 Å². The van der Waals surface area contributed by atoms with E-state index in [-0.39, 0.29) is 28.9 Å². The van der Waals surface area contributed by atoms with Gasteiger partial charge in [0.1, 0.15) is 11.5 Å². The summed E-state index contributed by atoms with van der Waals surface area (Å²) in [5.74, 6) is -0.880. The predicted octanol–water partition coefficient (Wildman–Crippen LogP) is 1.71. The number of benzene rings is 1. The molecule has 1 heterocycles. The Morgan fingerprint density at radius 2 is 2.33 bits per heavy atom. The second-order valence-corrected chi connectivity index (χ2v) is 4.04. The van der Waals surface area contributed by atoms with Gasteiger partial charge >= 0.3 is 0 Å². The highest BCUT2D eigenvalue weighted by atomic mass is 35.5. The maximum Gasteiger partial charge on any atom is 0.271 e. The van der Waals surface area contributed by atoms with Gasteiger partial charge in [-0.15, -0.1) is 0 Å². The van der Waals surface area contributed by atoms with Crippen molar-refractivity contribution in [2.75, 3.05) is 5.73 Å². The van der Waals surface area contributed by atoms with Gasteiger partial charge in [-0.1, -0.05) is 17.7 Å². The van der Waals surface area contributed by atoms with Gasteiger partial charge in [0.25, 0.3) is 5.91 Å². The number of H-pyrrole nitrogens is 1. The largest absolute Gasteiger partial charge is 0.396 e. The molecule has 0 saturated carbocycles. The Morgan fingerprint density at radius 3 is 2.94 bits per heavy atom. The van der Waals surface area contributed by atoms with Crippen LogP contribution in [0.2, 0.25) is 5.02 Å². The number of carbonyl (C=O) groups excluding carboxylic acids is 1. The number of amides is 1.